The molecule has 0 bridgehead atoms. The van der Waals surface area contributed by atoms with Gasteiger partial charge < -0.3 is 10.6 Å². The predicted molar refractivity (Wildman–Crippen MR) is 95.4 cm³/mol. The van der Waals surface area contributed by atoms with E-state index < -0.39 is 0 Å². The van der Waals surface area contributed by atoms with Gasteiger partial charge in [-0.05, 0) is 31.9 Å². The minimum absolute atomic E-state index is 0. The fraction of sp³-hybridized carbons (Fsp3) is 0.438. The van der Waals surface area contributed by atoms with Gasteiger partial charge in [0.15, 0.2) is 0 Å². The van der Waals surface area contributed by atoms with Crippen molar-refractivity contribution in [1.82, 2.24) is 15.5 Å². The molecular formula is C16H21ClN4OS. The molecule has 2 heterocycles. The molecule has 23 heavy (non-hydrogen) atoms. The largest absolute Gasteiger partial charge is 0.313 e. The van der Waals surface area contributed by atoms with Crippen molar-refractivity contribution in [2.45, 2.75) is 38.6 Å². The number of rotatable bonds is 5. The average Bonchev–Trinajstić information content (AvgIpc) is 3.14. The van der Waals surface area contributed by atoms with Gasteiger partial charge in [0, 0.05) is 18.9 Å². The van der Waals surface area contributed by atoms with E-state index in [2.05, 4.69) is 52.0 Å². The lowest BCUT2D eigenvalue weighted by Gasteiger charge is -2.08. The van der Waals surface area contributed by atoms with Gasteiger partial charge in [0.25, 0.3) is 0 Å². The summed E-state index contributed by atoms with van der Waals surface area (Å²) < 4.78 is 0. The van der Waals surface area contributed by atoms with Crippen LogP contribution in [0.15, 0.2) is 24.3 Å². The first kappa shape index (κ1) is 17.8. The summed E-state index contributed by atoms with van der Waals surface area (Å²) in [6, 6.07) is 8.68. The Morgan fingerprint density at radius 2 is 2.13 bits per heavy atom. The minimum atomic E-state index is 0. The van der Waals surface area contributed by atoms with Crippen molar-refractivity contribution in [3.63, 3.8) is 0 Å². The van der Waals surface area contributed by atoms with Crippen LogP contribution in [0.3, 0.4) is 0 Å². The zero-order valence-electron chi connectivity index (χ0n) is 13.0. The van der Waals surface area contributed by atoms with Crippen molar-refractivity contribution < 1.29 is 4.79 Å². The van der Waals surface area contributed by atoms with E-state index in [4.69, 9.17) is 0 Å². The average molecular weight is 353 g/mol. The summed E-state index contributed by atoms with van der Waals surface area (Å²) in [5.41, 5.74) is 2.45. The Kier molecular flexibility index (Phi) is 6.50. The number of nitrogens with one attached hydrogen (secondary N) is 2. The Morgan fingerprint density at radius 1 is 1.35 bits per heavy atom. The zero-order chi connectivity index (χ0) is 15.4. The van der Waals surface area contributed by atoms with E-state index in [0.717, 1.165) is 30.8 Å². The Labute approximate surface area is 146 Å². The van der Waals surface area contributed by atoms with Crippen LogP contribution >= 0.6 is 23.7 Å². The molecule has 1 aliphatic rings. The molecule has 0 radical (unpaired) electrons. The SMILES string of the molecule is Cc1ccc(Cc2nnc(NC(=O)CC3CCCN3)s2)cc1.Cl. The molecular weight excluding hydrogens is 332 g/mol. The summed E-state index contributed by atoms with van der Waals surface area (Å²) in [5, 5.41) is 15.9. The van der Waals surface area contributed by atoms with Gasteiger partial charge >= 0.3 is 0 Å². The van der Waals surface area contributed by atoms with Crippen molar-refractivity contribution in [3.05, 3.63) is 40.4 Å². The van der Waals surface area contributed by atoms with Gasteiger partial charge in [-0.3, -0.25) is 4.79 Å². The molecule has 124 valence electrons. The van der Waals surface area contributed by atoms with Crippen LogP contribution in [0.5, 0.6) is 0 Å². The first-order chi connectivity index (χ1) is 10.7. The highest BCUT2D eigenvalue weighted by Crippen LogP contribution is 2.19. The zero-order valence-corrected chi connectivity index (χ0v) is 14.7. The predicted octanol–water partition coefficient (Wildman–Crippen LogP) is 2.94. The van der Waals surface area contributed by atoms with Gasteiger partial charge in [-0.1, -0.05) is 41.2 Å². The van der Waals surface area contributed by atoms with E-state index in [0.29, 0.717) is 17.6 Å². The minimum Gasteiger partial charge on any atom is -0.313 e. The second-order valence-corrected chi connectivity index (χ2v) is 6.77. The topological polar surface area (TPSA) is 66.9 Å². The second-order valence-electron chi connectivity index (χ2n) is 5.71. The fourth-order valence-corrected chi connectivity index (χ4v) is 3.37. The molecule has 1 amide bonds. The summed E-state index contributed by atoms with van der Waals surface area (Å²) in [4.78, 5) is 12.0. The van der Waals surface area contributed by atoms with Crippen molar-refractivity contribution >= 4 is 34.8 Å². The van der Waals surface area contributed by atoms with Crippen LogP contribution in [-0.2, 0) is 11.2 Å². The maximum absolute atomic E-state index is 12.0. The second kappa shape index (κ2) is 8.38. The molecule has 1 unspecified atom stereocenters. The summed E-state index contributed by atoms with van der Waals surface area (Å²) >= 11 is 1.44. The lowest BCUT2D eigenvalue weighted by molar-refractivity contribution is -0.116. The number of benzene rings is 1. The number of carbonyl (C=O) groups is 1. The van der Waals surface area contributed by atoms with Crippen LogP contribution in [0.2, 0.25) is 0 Å². The van der Waals surface area contributed by atoms with Crippen molar-refractivity contribution in [1.29, 1.82) is 0 Å². The molecule has 2 aromatic rings. The smallest absolute Gasteiger partial charge is 0.227 e. The number of hydrogen-bond acceptors (Lipinski definition) is 5. The number of carbonyl (C=O) groups excluding carboxylic acids is 1. The highest BCUT2D eigenvalue weighted by Gasteiger charge is 2.18. The molecule has 1 aliphatic heterocycles. The molecule has 1 atom stereocenters. The summed E-state index contributed by atoms with van der Waals surface area (Å²) in [7, 11) is 0. The van der Waals surface area contributed by atoms with Gasteiger partial charge in [-0.2, -0.15) is 0 Å². The highest BCUT2D eigenvalue weighted by molar-refractivity contribution is 7.15. The summed E-state index contributed by atoms with van der Waals surface area (Å²) in [6.45, 7) is 3.08. The number of aromatic nitrogens is 2. The Morgan fingerprint density at radius 3 is 2.83 bits per heavy atom. The standard InChI is InChI=1S/C16H20N4OS.ClH/c1-11-4-6-12(7-5-11)9-15-19-20-16(22-15)18-14(21)10-13-3-2-8-17-13;/h4-7,13,17H,2-3,8-10H2,1H3,(H,18,20,21);1H. The molecule has 1 saturated heterocycles. The van der Waals surface area contributed by atoms with E-state index in [9.17, 15) is 4.79 Å². The van der Waals surface area contributed by atoms with E-state index in [1.807, 2.05) is 0 Å². The Hall–Kier alpha value is -1.50. The maximum Gasteiger partial charge on any atom is 0.227 e. The third-order valence-corrected chi connectivity index (χ3v) is 4.62. The third kappa shape index (κ3) is 5.27. The molecule has 1 aromatic carbocycles. The van der Waals surface area contributed by atoms with Crippen LogP contribution < -0.4 is 10.6 Å². The van der Waals surface area contributed by atoms with Gasteiger partial charge in [-0.25, -0.2) is 0 Å². The van der Waals surface area contributed by atoms with E-state index in [1.54, 1.807) is 0 Å². The molecule has 0 aliphatic carbocycles. The lowest BCUT2D eigenvalue weighted by atomic mass is 10.1. The summed E-state index contributed by atoms with van der Waals surface area (Å²) in [5.74, 6) is 0.0115. The number of halogens is 1. The quantitative estimate of drug-likeness (QED) is 0.868. The Balaban J connectivity index is 0.00000192. The van der Waals surface area contributed by atoms with Crippen molar-refractivity contribution in [2.24, 2.45) is 0 Å². The van der Waals surface area contributed by atoms with Crippen LogP contribution in [0.25, 0.3) is 0 Å². The van der Waals surface area contributed by atoms with Gasteiger partial charge in [0.1, 0.15) is 5.01 Å². The van der Waals surface area contributed by atoms with Crippen LogP contribution in [0, 0.1) is 6.92 Å². The van der Waals surface area contributed by atoms with E-state index in [1.165, 1.54) is 22.5 Å². The highest BCUT2D eigenvalue weighted by atomic mass is 35.5. The Bertz CT molecular complexity index is 638. The molecule has 0 saturated carbocycles. The number of amides is 1. The fourth-order valence-electron chi connectivity index (χ4n) is 2.58. The van der Waals surface area contributed by atoms with E-state index in [-0.39, 0.29) is 18.3 Å². The van der Waals surface area contributed by atoms with Gasteiger partial charge in [-0.15, -0.1) is 22.6 Å². The number of aryl methyl sites for hydroxylation is 1. The van der Waals surface area contributed by atoms with Gasteiger partial charge in [0.05, 0.1) is 0 Å². The van der Waals surface area contributed by atoms with Crippen LogP contribution in [0.4, 0.5) is 5.13 Å². The first-order valence-corrected chi connectivity index (χ1v) is 8.42. The number of nitrogens with zero attached hydrogens (tertiary/aromatic N) is 2. The number of hydrogen-bond donors (Lipinski definition) is 2. The van der Waals surface area contributed by atoms with Crippen LogP contribution in [-0.4, -0.2) is 28.7 Å². The van der Waals surface area contributed by atoms with Crippen molar-refractivity contribution in [3.8, 4) is 0 Å². The maximum atomic E-state index is 12.0. The molecule has 5 nitrogen and oxygen atoms in total. The molecule has 3 rings (SSSR count). The molecule has 1 fully saturated rings. The first-order valence-electron chi connectivity index (χ1n) is 7.60. The third-order valence-electron chi connectivity index (χ3n) is 3.78. The molecule has 1 aromatic heterocycles. The number of anilines is 1. The van der Waals surface area contributed by atoms with Crippen molar-refractivity contribution in [2.75, 3.05) is 11.9 Å². The molecule has 0 spiro atoms. The van der Waals surface area contributed by atoms with E-state index >= 15 is 0 Å². The molecule has 2 N–H and O–H groups in total. The van der Waals surface area contributed by atoms with Gasteiger partial charge in [0.2, 0.25) is 11.0 Å². The lowest BCUT2D eigenvalue weighted by Crippen LogP contribution is -2.27. The normalized spacial score (nSPS) is 16.8. The monoisotopic (exact) mass is 352 g/mol. The molecule has 7 heteroatoms. The summed E-state index contributed by atoms with van der Waals surface area (Å²) in [6.07, 6.45) is 3.48. The van der Waals surface area contributed by atoms with Crippen LogP contribution in [0.1, 0.15) is 35.4 Å².